The van der Waals surface area contributed by atoms with Gasteiger partial charge in [-0.15, -0.1) is 0 Å². The number of hydrogen-bond acceptors (Lipinski definition) is 5. The first kappa shape index (κ1) is 30.2. The largest absolute Gasteiger partial charge is 0.208 e. The molecule has 2 heterocycles. The maximum atomic E-state index is 9.51. The molecule has 8 aromatic rings. The van der Waals surface area contributed by atoms with E-state index in [0.717, 1.165) is 33.4 Å². The normalized spacial score (nSPS) is 14.9. The molecule has 1 spiro atoms. The summed E-state index contributed by atoms with van der Waals surface area (Å²) in [5, 5.41) is 9.51. The van der Waals surface area contributed by atoms with Crippen LogP contribution in [0.2, 0.25) is 0 Å². The van der Waals surface area contributed by atoms with Gasteiger partial charge >= 0.3 is 0 Å². The Hall–Kier alpha value is -6.61. The first-order valence-electron chi connectivity index (χ1n) is 17.3. The van der Waals surface area contributed by atoms with Crippen LogP contribution in [0, 0.1) is 11.3 Å². The van der Waals surface area contributed by atoms with Gasteiger partial charge < -0.3 is 0 Å². The second-order valence-corrected chi connectivity index (χ2v) is 14.1. The summed E-state index contributed by atoms with van der Waals surface area (Å²) < 4.78 is 0. The zero-order chi connectivity index (χ0) is 34.6. The summed E-state index contributed by atoms with van der Waals surface area (Å²) in [6.07, 6.45) is 0. The Balaban J connectivity index is 1.27. The Morgan fingerprint density at radius 1 is 0.423 bits per heavy atom. The van der Waals surface area contributed by atoms with Crippen LogP contribution in [0.1, 0.15) is 27.8 Å². The number of aromatic nitrogens is 3. The van der Waals surface area contributed by atoms with Crippen molar-refractivity contribution in [1.29, 1.82) is 5.26 Å². The minimum Gasteiger partial charge on any atom is -0.208 e. The first-order valence-corrected chi connectivity index (χ1v) is 18.1. The van der Waals surface area contributed by atoms with Crippen molar-refractivity contribution >= 4 is 11.8 Å². The average Bonchev–Trinajstić information content (AvgIpc) is 3.52. The van der Waals surface area contributed by atoms with Crippen molar-refractivity contribution in [2.75, 3.05) is 0 Å². The van der Waals surface area contributed by atoms with Crippen LogP contribution < -0.4 is 0 Å². The second-order valence-electron chi connectivity index (χ2n) is 13.0. The molecule has 4 nitrogen and oxygen atoms in total. The molecule has 0 N–H and O–H groups in total. The molecule has 1 aliphatic heterocycles. The SMILES string of the molecule is N#Cc1ccc(-c2cccc3c2Sc2ccccc2C32c3ccccc3-c3c(-c4nc(-c5ccccc5)nc(-c5ccccc5)n4)cccc32)cc1. The Morgan fingerprint density at radius 3 is 1.65 bits per heavy atom. The van der Waals surface area contributed by atoms with Gasteiger partial charge in [-0.1, -0.05) is 163 Å². The number of hydrogen-bond donors (Lipinski definition) is 0. The van der Waals surface area contributed by atoms with Gasteiger partial charge in [-0.2, -0.15) is 5.26 Å². The quantitative estimate of drug-likeness (QED) is 0.185. The van der Waals surface area contributed by atoms with Gasteiger partial charge in [-0.25, -0.2) is 15.0 Å². The highest BCUT2D eigenvalue weighted by molar-refractivity contribution is 7.99. The number of nitrogens with zero attached hydrogens (tertiary/aromatic N) is 4. The Labute approximate surface area is 306 Å². The molecule has 0 fully saturated rings. The van der Waals surface area contributed by atoms with Crippen LogP contribution in [-0.4, -0.2) is 15.0 Å². The predicted molar refractivity (Wildman–Crippen MR) is 208 cm³/mol. The van der Waals surface area contributed by atoms with E-state index < -0.39 is 5.41 Å². The molecule has 0 radical (unpaired) electrons. The Morgan fingerprint density at radius 2 is 0.962 bits per heavy atom. The van der Waals surface area contributed by atoms with Crippen LogP contribution in [0.25, 0.3) is 56.4 Å². The third-order valence-electron chi connectivity index (χ3n) is 10.3. The maximum Gasteiger partial charge on any atom is 0.164 e. The fourth-order valence-electron chi connectivity index (χ4n) is 8.04. The lowest BCUT2D eigenvalue weighted by Crippen LogP contribution is -2.32. The lowest BCUT2D eigenvalue weighted by Gasteiger charge is -2.40. The minimum atomic E-state index is -0.584. The molecule has 52 heavy (non-hydrogen) atoms. The molecular weight excluding hydrogens is 653 g/mol. The van der Waals surface area contributed by atoms with Gasteiger partial charge in [0.05, 0.1) is 17.0 Å². The third kappa shape index (κ3) is 4.52. The summed E-state index contributed by atoms with van der Waals surface area (Å²) in [5.41, 5.74) is 12.4. The number of rotatable bonds is 4. The van der Waals surface area contributed by atoms with Crippen molar-refractivity contribution < 1.29 is 0 Å². The molecule has 1 aliphatic carbocycles. The predicted octanol–water partition coefficient (Wildman–Crippen LogP) is 11.2. The van der Waals surface area contributed by atoms with Gasteiger partial charge in [-0.05, 0) is 62.7 Å². The van der Waals surface area contributed by atoms with Crippen molar-refractivity contribution in [3.05, 3.63) is 198 Å². The van der Waals surface area contributed by atoms with Crippen LogP contribution in [0.3, 0.4) is 0 Å². The van der Waals surface area contributed by atoms with Gasteiger partial charge in [0.2, 0.25) is 0 Å². The molecule has 1 atom stereocenters. The van der Waals surface area contributed by atoms with E-state index in [0.29, 0.717) is 23.0 Å². The monoisotopic (exact) mass is 680 g/mol. The number of nitriles is 1. The van der Waals surface area contributed by atoms with E-state index in [2.05, 4.69) is 103 Å². The number of benzene rings is 7. The van der Waals surface area contributed by atoms with E-state index in [-0.39, 0.29) is 0 Å². The van der Waals surface area contributed by atoms with Crippen LogP contribution in [0.15, 0.2) is 180 Å². The summed E-state index contributed by atoms with van der Waals surface area (Å²) in [6, 6.07) is 61.4. The highest BCUT2D eigenvalue weighted by Crippen LogP contribution is 2.64. The molecule has 0 bridgehead atoms. The summed E-state index contributed by atoms with van der Waals surface area (Å²) in [4.78, 5) is 17.8. The topological polar surface area (TPSA) is 62.5 Å². The van der Waals surface area contributed by atoms with Gasteiger partial charge in [0.1, 0.15) is 0 Å². The van der Waals surface area contributed by atoms with Crippen molar-refractivity contribution in [1.82, 2.24) is 15.0 Å². The van der Waals surface area contributed by atoms with E-state index in [9.17, 15) is 5.26 Å². The van der Waals surface area contributed by atoms with Crippen molar-refractivity contribution in [2.24, 2.45) is 0 Å². The zero-order valence-electron chi connectivity index (χ0n) is 27.9. The average molecular weight is 681 g/mol. The van der Waals surface area contributed by atoms with Crippen LogP contribution in [-0.2, 0) is 5.41 Å². The Kier molecular flexibility index (Phi) is 6.99. The van der Waals surface area contributed by atoms with Gasteiger partial charge in [0.15, 0.2) is 17.5 Å². The van der Waals surface area contributed by atoms with E-state index in [1.165, 1.54) is 37.6 Å². The van der Waals surface area contributed by atoms with Crippen molar-refractivity contribution in [2.45, 2.75) is 15.2 Å². The second kappa shape index (κ2) is 12.0. The highest BCUT2D eigenvalue weighted by Gasteiger charge is 2.51. The summed E-state index contributed by atoms with van der Waals surface area (Å²) >= 11 is 1.83. The van der Waals surface area contributed by atoms with Crippen LogP contribution in [0.5, 0.6) is 0 Å². The third-order valence-corrected chi connectivity index (χ3v) is 11.5. The maximum absolute atomic E-state index is 9.51. The van der Waals surface area contributed by atoms with E-state index >= 15 is 0 Å². The van der Waals surface area contributed by atoms with Crippen molar-refractivity contribution in [3.63, 3.8) is 0 Å². The molecule has 10 rings (SSSR count). The van der Waals surface area contributed by atoms with Gasteiger partial charge in [0.25, 0.3) is 0 Å². The summed E-state index contributed by atoms with van der Waals surface area (Å²) in [5.74, 6) is 1.92. The molecular formula is C47H28N4S. The van der Waals surface area contributed by atoms with Gasteiger partial charge in [0, 0.05) is 26.5 Å². The molecule has 242 valence electrons. The summed E-state index contributed by atoms with van der Waals surface area (Å²) in [6.45, 7) is 0. The van der Waals surface area contributed by atoms with Crippen molar-refractivity contribution in [3.8, 4) is 62.5 Å². The van der Waals surface area contributed by atoms with Crippen LogP contribution in [0.4, 0.5) is 0 Å². The molecule has 2 aliphatic rings. The molecule has 0 amide bonds. The van der Waals surface area contributed by atoms with Crippen LogP contribution >= 0.6 is 11.8 Å². The zero-order valence-corrected chi connectivity index (χ0v) is 28.7. The minimum absolute atomic E-state index is 0.584. The molecule has 0 saturated carbocycles. The van der Waals surface area contributed by atoms with E-state index in [1.54, 1.807) is 0 Å². The fourth-order valence-corrected chi connectivity index (χ4v) is 9.36. The molecule has 1 aromatic heterocycles. The standard InChI is InChI=1S/C47H28N4S/c48-29-30-25-27-31(28-26-30)34-18-11-23-40-43(34)52-41-24-10-9-21-38(41)47(40)37-20-8-7-17-35(37)42-36(19-12-22-39(42)47)46-50-44(32-13-3-1-4-14-32)49-45(51-46)33-15-5-2-6-16-33/h1-28H. The summed E-state index contributed by atoms with van der Waals surface area (Å²) in [7, 11) is 0. The van der Waals surface area contributed by atoms with Gasteiger partial charge in [-0.3, -0.25) is 0 Å². The Bertz CT molecular complexity index is 2660. The molecule has 0 saturated heterocycles. The first-order chi connectivity index (χ1) is 25.7. The highest BCUT2D eigenvalue weighted by atomic mass is 32.2. The molecule has 5 heteroatoms. The number of fused-ring (bicyclic) bond motifs is 9. The smallest absolute Gasteiger partial charge is 0.164 e. The molecule has 7 aromatic carbocycles. The fraction of sp³-hybridized carbons (Fsp3) is 0.0213. The van der Waals surface area contributed by atoms with E-state index in [1.807, 2.05) is 84.6 Å². The lowest BCUT2D eigenvalue weighted by molar-refractivity contribution is 0.723. The van der Waals surface area contributed by atoms with E-state index in [4.69, 9.17) is 15.0 Å². The lowest BCUT2D eigenvalue weighted by atomic mass is 9.67. The molecule has 1 unspecified atom stereocenters.